The molecule has 0 aromatic heterocycles. The number of hydrogen-bond acceptors (Lipinski definition) is 4. The van der Waals surface area contributed by atoms with Crippen molar-refractivity contribution in [3.63, 3.8) is 0 Å². The highest BCUT2D eigenvalue weighted by molar-refractivity contribution is 7.90. The van der Waals surface area contributed by atoms with Crippen molar-refractivity contribution < 1.29 is 18.3 Å². The van der Waals surface area contributed by atoms with E-state index in [2.05, 4.69) is 10.0 Å². The third-order valence-corrected chi connectivity index (χ3v) is 5.26. The number of aromatic hydroxyl groups is 1. The Morgan fingerprint density at radius 3 is 2.50 bits per heavy atom. The Morgan fingerprint density at radius 1 is 1.23 bits per heavy atom. The standard InChI is InChI=1S/C15H24N2O4S/c1-15(2,3)22(20,21)16-10-5-4-9-14(19)17-12-7-6-8-13(18)11-12/h6-8,11,16,18H,4-5,9-10H2,1-3H3,(H,17,19). The third kappa shape index (κ3) is 6.03. The number of benzene rings is 1. The number of sulfonamides is 1. The summed E-state index contributed by atoms with van der Waals surface area (Å²) in [7, 11) is -3.33. The maximum absolute atomic E-state index is 11.8. The van der Waals surface area contributed by atoms with Crippen LogP contribution in [-0.2, 0) is 14.8 Å². The van der Waals surface area contributed by atoms with Crippen molar-refractivity contribution in [3.05, 3.63) is 24.3 Å². The Morgan fingerprint density at radius 2 is 1.91 bits per heavy atom. The molecular formula is C15H24N2O4S. The first-order valence-electron chi connectivity index (χ1n) is 7.20. The minimum absolute atomic E-state index is 0.0920. The van der Waals surface area contributed by atoms with E-state index < -0.39 is 14.8 Å². The number of carbonyl (C=O) groups is 1. The Labute approximate surface area is 132 Å². The van der Waals surface area contributed by atoms with Crippen LogP contribution in [0.25, 0.3) is 0 Å². The lowest BCUT2D eigenvalue weighted by molar-refractivity contribution is -0.116. The summed E-state index contributed by atoms with van der Waals surface area (Å²) in [6.45, 7) is 5.23. The molecule has 0 fully saturated rings. The van der Waals surface area contributed by atoms with E-state index in [0.717, 1.165) is 0 Å². The van der Waals surface area contributed by atoms with Crippen molar-refractivity contribution in [1.82, 2.24) is 4.72 Å². The molecular weight excluding hydrogens is 304 g/mol. The summed E-state index contributed by atoms with van der Waals surface area (Å²) in [6.07, 6.45) is 1.47. The van der Waals surface area contributed by atoms with Crippen molar-refractivity contribution >= 4 is 21.6 Å². The fourth-order valence-corrected chi connectivity index (χ4v) is 2.49. The van der Waals surface area contributed by atoms with Gasteiger partial charge in [-0.05, 0) is 45.7 Å². The fraction of sp³-hybridized carbons (Fsp3) is 0.533. The molecule has 0 unspecified atom stereocenters. The molecule has 0 aliphatic heterocycles. The van der Waals surface area contributed by atoms with Crippen LogP contribution >= 0.6 is 0 Å². The van der Waals surface area contributed by atoms with Gasteiger partial charge >= 0.3 is 0 Å². The van der Waals surface area contributed by atoms with Crippen LogP contribution in [0.4, 0.5) is 5.69 Å². The van der Waals surface area contributed by atoms with Crippen LogP contribution in [-0.4, -0.2) is 30.7 Å². The molecule has 1 aromatic rings. The van der Waals surface area contributed by atoms with Gasteiger partial charge in [0.05, 0.1) is 4.75 Å². The van der Waals surface area contributed by atoms with Crippen molar-refractivity contribution in [2.75, 3.05) is 11.9 Å². The summed E-state index contributed by atoms with van der Waals surface area (Å²) < 4.78 is 25.3. The number of amides is 1. The van der Waals surface area contributed by atoms with Gasteiger partial charge in [-0.15, -0.1) is 0 Å². The third-order valence-electron chi connectivity index (χ3n) is 3.06. The van der Waals surface area contributed by atoms with E-state index in [1.165, 1.54) is 12.1 Å². The smallest absolute Gasteiger partial charge is 0.224 e. The number of hydrogen-bond donors (Lipinski definition) is 3. The quantitative estimate of drug-likeness (QED) is 0.669. The van der Waals surface area contributed by atoms with Crippen molar-refractivity contribution in [2.24, 2.45) is 0 Å². The van der Waals surface area contributed by atoms with E-state index in [1.807, 2.05) is 0 Å². The van der Waals surface area contributed by atoms with Crippen LogP contribution in [0.2, 0.25) is 0 Å². The molecule has 0 heterocycles. The zero-order valence-electron chi connectivity index (χ0n) is 13.2. The van der Waals surface area contributed by atoms with Gasteiger partial charge in [-0.2, -0.15) is 0 Å². The second-order valence-corrected chi connectivity index (χ2v) is 8.59. The van der Waals surface area contributed by atoms with E-state index in [1.54, 1.807) is 32.9 Å². The summed E-state index contributed by atoms with van der Waals surface area (Å²) >= 11 is 0. The number of anilines is 1. The molecule has 1 amide bonds. The SMILES string of the molecule is CC(C)(C)S(=O)(=O)NCCCCC(=O)Nc1cccc(O)c1. The lowest BCUT2D eigenvalue weighted by atomic mass is 10.2. The largest absolute Gasteiger partial charge is 0.508 e. The van der Waals surface area contributed by atoms with Gasteiger partial charge in [-0.3, -0.25) is 4.79 Å². The fourth-order valence-electron chi connectivity index (χ4n) is 1.64. The van der Waals surface area contributed by atoms with E-state index >= 15 is 0 Å². The number of rotatable bonds is 7. The maximum atomic E-state index is 11.8. The topological polar surface area (TPSA) is 95.5 Å². The molecule has 0 spiro atoms. The predicted octanol–water partition coefficient (Wildman–Crippen LogP) is 2.22. The van der Waals surface area contributed by atoms with Gasteiger partial charge in [0.2, 0.25) is 15.9 Å². The molecule has 0 atom stereocenters. The normalized spacial score (nSPS) is 12.1. The number of phenolic OH excluding ortho intramolecular Hbond substituents is 1. The molecule has 3 N–H and O–H groups in total. The average molecular weight is 328 g/mol. The summed E-state index contributed by atoms with van der Waals surface area (Å²) in [4.78, 5) is 11.7. The summed E-state index contributed by atoms with van der Waals surface area (Å²) in [6, 6.07) is 6.33. The summed E-state index contributed by atoms with van der Waals surface area (Å²) in [5.74, 6) is -0.0707. The Hall–Kier alpha value is -1.60. The Balaban J connectivity index is 2.26. The Kier molecular flexibility index (Phi) is 6.37. The van der Waals surface area contributed by atoms with Gasteiger partial charge in [0.1, 0.15) is 5.75 Å². The second kappa shape index (κ2) is 7.60. The van der Waals surface area contributed by atoms with Gasteiger partial charge in [0.15, 0.2) is 0 Å². The molecule has 0 saturated heterocycles. The number of phenols is 1. The number of nitrogens with one attached hydrogen (secondary N) is 2. The van der Waals surface area contributed by atoms with Crippen molar-refractivity contribution in [2.45, 2.75) is 44.8 Å². The van der Waals surface area contributed by atoms with Crippen LogP contribution < -0.4 is 10.0 Å². The minimum Gasteiger partial charge on any atom is -0.508 e. The van der Waals surface area contributed by atoms with Gasteiger partial charge in [0.25, 0.3) is 0 Å². The molecule has 0 aliphatic carbocycles. The average Bonchev–Trinajstić information content (AvgIpc) is 2.36. The van der Waals surface area contributed by atoms with Crippen LogP contribution in [0.1, 0.15) is 40.0 Å². The Bertz CT molecular complexity index is 606. The van der Waals surface area contributed by atoms with Crippen LogP contribution in [0.15, 0.2) is 24.3 Å². The molecule has 124 valence electrons. The molecule has 6 nitrogen and oxygen atoms in total. The van der Waals surface area contributed by atoms with E-state index in [-0.39, 0.29) is 11.7 Å². The summed E-state index contributed by atoms with van der Waals surface area (Å²) in [5, 5.41) is 12.0. The highest BCUT2D eigenvalue weighted by Gasteiger charge is 2.27. The van der Waals surface area contributed by atoms with Gasteiger partial charge in [0, 0.05) is 24.7 Å². The van der Waals surface area contributed by atoms with Crippen LogP contribution in [0.5, 0.6) is 5.75 Å². The minimum atomic E-state index is -3.33. The highest BCUT2D eigenvalue weighted by atomic mass is 32.2. The molecule has 22 heavy (non-hydrogen) atoms. The zero-order valence-corrected chi connectivity index (χ0v) is 14.0. The highest BCUT2D eigenvalue weighted by Crippen LogP contribution is 2.16. The van der Waals surface area contributed by atoms with Gasteiger partial charge < -0.3 is 10.4 Å². The van der Waals surface area contributed by atoms with E-state index in [0.29, 0.717) is 31.5 Å². The van der Waals surface area contributed by atoms with E-state index in [4.69, 9.17) is 0 Å². The maximum Gasteiger partial charge on any atom is 0.224 e. The number of carbonyl (C=O) groups excluding carboxylic acids is 1. The molecule has 0 aliphatic rings. The zero-order chi connectivity index (χ0) is 16.8. The monoisotopic (exact) mass is 328 g/mol. The van der Waals surface area contributed by atoms with E-state index in [9.17, 15) is 18.3 Å². The van der Waals surface area contributed by atoms with Gasteiger partial charge in [-0.25, -0.2) is 13.1 Å². The first kappa shape index (κ1) is 18.4. The van der Waals surface area contributed by atoms with Crippen LogP contribution in [0.3, 0.4) is 0 Å². The lowest BCUT2D eigenvalue weighted by Crippen LogP contribution is -2.39. The second-order valence-electron chi connectivity index (χ2n) is 6.07. The van der Waals surface area contributed by atoms with Gasteiger partial charge in [-0.1, -0.05) is 6.07 Å². The lowest BCUT2D eigenvalue weighted by Gasteiger charge is -2.19. The van der Waals surface area contributed by atoms with Crippen molar-refractivity contribution in [1.29, 1.82) is 0 Å². The predicted molar refractivity (Wildman–Crippen MR) is 87.3 cm³/mol. The first-order valence-corrected chi connectivity index (χ1v) is 8.68. The molecule has 1 rings (SSSR count). The molecule has 0 radical (unpaired) electrons. The molecule has 7 heteroatoms. The molecule has 0 saturated carbocycles. The van der Waals surface area contributed by atoms with Crippen LogP contribution in [0, 0.1) is 0 Å². The molecule has 0 bridgehead atoms. The summed E-state index contributed by atoms with van der Waals surface area (Å²) in [5.41, 5.74) is 0.540. The van der Waals surface area contributed by atoms with Crippen molar-refractivity contribution in [3.8, 4) is 5.75 Å². The molecule has 1 aromatic carbocycles. The number of unbranched alkanes of at least 4 members (excludes halogenated alkanes) is 1. The first-order chi connectivity index (χ1) is 10.1.